The number of nitrogens with one attached hydrogen (secondary N) is 1. The van der Waals surface area contributed by atoms with Crippen molar-refractivity contribution in [3.05, 3.63) is 52.0 Å². The zero-order chi connectivity index (χ0) is 17.1. The van der Waals surface area contributed by atoms with Crippen molar-refractivity contribution in [2.75, 3.05) is 18.5 Å². The number of hydrogen-bond donors (Lipinski definition) is 2. The number of primary amides is 1. The molecule has 3 N–H and O–H groups in total. The SMILES string of the molecule is NC(=O)c1ccc(NC(=O)Cc2cc3c(cc2Br)OCCO3)cc1. The van der Waals surface area contributed by atoms with Gasteiger partial charge in [-0.15, -0.1) is 0 Å². The lowest BCUT2D eigenvalue weighted by Crippen LogP contribution is -2.17. The molecular weight excluding hydrogens is 376 g/mol. The molecule has 1 aliphatic rings. The highest BCUT2D eigenvalue weighted by Gasteiger charge is 2.16. The summed E-state index contributed by atoms with van der Waals surface area (Å²) in [7, 11) is 0. The molecule has 0 spiro atoms. The van der Waals surface area contributed by atoms with Crippen LogP contribution in [0.2, 0.25) is 0 Å². The van der Waals surface area contributed by atoms with Crippen LogP contribution >= 0.6 is 15.9 Å². The average molecular weight is 391 g/mol. The molecule has 1 heterocycles. The van der Waals surface area contributed by atoms with Gasteiger partial charge in [0.1, 0.15) is 13.2 Å². The van der Waals surface area contributed by atoms with Gasteiger partial charge in [-0.2, -0.15) is 0 Å². The minimum atomic E-state index is -0.506. The first-order valence-electron chi connectivity index (χ1n) is 7.30. The molecule has 2 aromatic carbocycles. The van der Waals surface area contributed by atoms with Crippen LogP contribution in [0.4, 0.5) is 5.69 Å². The second-order valence-corrected chi connectivity index (χ2v) is 6.11. The fourth-order valence-electron chi connectivity index (χ4n) is 2.34. The molecule has 0 fully saturated rings. The molecule has 0 atom stereocenters. The maximum atomic E-state index is 12.2. The Hall–Kier alpha value is -2.54. The van der Waals surface area contributed by atoms with E-state index in [1.807, 2.05) is 0 Å². The molecule has 2 aromatic rings. The molecule has 1 aliphatic heterocycles. The molecule has 3 rings (SSSR count). The maximum Gasteiger partial charge on any atom is 0.248 e. The Morgan fingerprint density at radius 1 is 1.08 bits per heavy atom. The zero-order valence-electron chi connectivity index (χ0n) is 12.7. The van der Waals surface area contributed by atoms with Crippen LogP contribution in [-0.2, 0) is 11.2 Å². The van der Waals surface area contributed by atoms with Crippen LogP contribution in [0.25, 0.3) is 0 Å². The number of rotatable bonds is 4. The van der Waals surface area contributed by atoms with Gasteiger partial charge in [-0.05, 0) is 42.0 Å². The van der Waals surface area contributed by atoms with Crippen LogP contribution < -0.4 is 20.5 Å². The van der Waals surface area contributed by atoms with Crippen LogP contribution in [0.15, 0.2) is 40.9 Å². The Bertz CT molecular complexity index is 790. The molecule has 0 aromatic heterocycles. The molecule has 0 saturated heterocycles. The molecule has 24 heavy (non-hydrogen) atoms. The number of anilines is 1. The fourth-order valence-corrected chi connectivity index (χ4v) is 2.80. The van der Waals surface area contributed by atoms with E-state index in [9.17, 15) is 9.59 Å². The third-order valence-corrected chi connectivity index (χ3v) is 4.25. The molecule has 0 aliphatic carbocycles. The highest BCUT2D eigenvalue weighted by molar-refractivity contribution is 9.10. The summed E-state index contributed by atoms with van der Waals surface area (Å²) in [4.78, 5) is 23.3. The van der Waals surface area contributed by atoms with Crippen molar-refractivity contribution in [1.82, 2.24) is 0 Å². The number of hydrogen-bond acceptors (Lipinski definition) is 4. The predicted octanol–water partition coefficient (Wildman–Crippen LogP) is 2.50. The van der Waals surface area contributed by atoms with Crippen molar-refractivity contribution >= 4 is 33.4 Å². The van der Waals surface area contributed by atoms with Crippen LogP contribution in [0.5, 0.6) is 11.5 Å². The van der Waals surface area contributed by atoms with Gasteiger partial charge < -0.3 is 20.5 Å². The first-order valence-corrected chi connectivity index (χ1v) is 8.10. The van der Waals surface area contributed by atoms with E-state index in [0.717, 1.165) is 10.0 Å². The Morgan fingerprint density at radius 2 is 1.71 bits per heavy atom. The average Bonchev–Trinajstić information content (AvgIpc) is 2.56. The predicted molar refractivity (Wildman–Crippen MR) is 92.4 cm³/mol. The van der Waals surface area contributed by atoms with Crippen molar-refractivity contribution in [3.63, 3.8) is 0 Å². The first kappa shape index (κ1) is 16.3. The lowest BCUT2D eigenvalue weighted by atomic mass is 10.1. The molecule has 0 radical (unpaired) electrons. The lowest BCUT2D eigenvalue weighted by Gasteiger charge is -2.19. The van der Waals surface area contributed by atoms with Gasteiger partial charge >= 0.3 is 0 Å². The third kappa shape index (κ3) is 3.68. The normalized spacial score (nSPS) is 12.5. The number of halogens is 1. The van der Waals surface area contributed by atoms with E-state index in [0.29, 0.717) is 36.0 Å². The number of benzene rings is 2. The fraction of sp³-hybridized carbons (Fsp3) is 0.176. The second kappa shape index (κ2) is 6.92. The minimum Gasteiger partial charge on any atom is -0.486 e. The van der Waals surface area contributed by atoms with Crippen molar-refractivity contribution in [3.8, 4) is 11.5 Å². The van der Waals surface area contributed by atoms with Gasteiger partial charge in [-0.1, -0.05) is 15.9 Å². The van der Waals surface area contributed by atoms with Gasteiger partial charge in [-0.25, -0.2) is 0 Å². The van der Waals surface area contributed by atoms with Gasteiger partial charge in [0.2, 0.25) is 11.8 Å². The number of amides is 2. The summed E-state index contributed by atoms with van der Waals surface area (Å²) in [6.07, 6.45) is 0.175. The smallest absolute Gasteiger partial charge is 0.248 e. The largest absolute Gasteiger partial charge is 0.486 e. The number of fused-ring (bicyclic) bond motifs is 1. The van der Waals surface area contributed by atoms with Crippen LogP contribution in [0.3, 0.4) is 0 Å². The van der Waals surface area contributed by atoms with Crippen molar-refractivity contribution < 1.29 is 19.1 Å². The highest BCUT2D eigenvalue weighted by atomic mass is 79.9. The Kier molecular flexibility index (Phi) is 4.71. The van der Waals surface area contributed by atoms with Gasteiger partial charge in [0, 0.05) is 15.7 Å². The lowest BCUT2D eigenvalue weighted by molar-refractivity contribution is -0.115. The summed E-state index contributed by atoms with van der Waals surface area (Å²) in [5, 5.41) is 2.78. The summed E-state index contributed by atoms with van der Waals surface area (Å²) >= 11 is 3.45. The highest BCUT2D eigenvalue weighted by Crippen LogP contribution is 2.35. The van der Waals surface area contributed by atoms with Crippen molar-refractivity contribution in [2.45, 2.75) is 6.42 Å². The molecule has 0 saturated carbocycles. The maximum absolute atomic E-state index is 12.2. The molecule has 0 unspecified atom stereocenters. The van der Waals surface area contributed by atoms with Crippen molar-refractivity contribution in [2.24, 2.45) is 5.73 Å². The van der Waals surface area contributed by atoms with Gasteiger partial charge in [0.15, 0.2) is 11.5 Å². The summed E-state index contributed by atoms with van der Waals surface area (Å²) in [6.45, 7) is 1.01. The van der Waals surface area contributed by atoms with Crippen LogP contribution in [0.1, 0.15) is 15.9 Å². The number of ether oxygens (including phenoxy) is 2. The van der Waals surface area contributed by atoms with Gasteiger partial charge in [-0.3, -0.25) is 9.59 Å². The van der Waals surface area contributed by atoms with E-state index < -0.39 is 5.91 Å². The molecule has 6 nitrogen and oxygen atoms in total. The van der Waals surface area contributed by atoms with Crippen molar-refractivity contribution in [1.29, 1.82) is 0 Å². The number of carbonyl (C=O) groups is 2. The summed E-state index contributed by atoms with van der Waals surface area (Å²) in [5.74, 6) is 0.615. The summed E-state index contributed by atoms with van der Waals surface area (Å²) in [6, 6.07) is 10.0. The standard InChI is InChI=1S/C17H15BrN2O4/c18-13-9-15-14(23-5-6-24-15)7-11(13)8-16(21)20-12-3-1-10(2-4-12)17(19)22/h1-4,7,9H,5-6,8H2,(H2,19,22)(H,20,21). The summed E-state index contributed by atoms with van der Waals surface area (Å²) < 4.78 is 11.8. The minimum absolute atomic E-state index is 0.175. The van der Waals surface area contributed by atoms with E-state index in [4.69, 9.17) is 15.2 Å². The third-order valence-electron chi connectivity index (χ3n) is 3.52. The molecule has 7 heteroatoms. The number of nitrogens with two attached hydrogens (primary N) is 1. The van der Waals surface area contributed by atoms with Crippen LogP contribution in [0, 0.1) is 0 Å². The van der Waals surface area contributed by atoms with E-state index in [1.54, 1.807) is 36.4 Å². The molecule has 124 valence electrons. The Balaban J connectivity index is 1.69. The van der Waals surface area contributed by atoms with Crippen LogP contribution in [-0.4, -0.2) is 25.0 Å². The van der Waals surface area contributed by atoms with E-state index in [1.165, 1.54) is 0 Å². The van der Waals surface area contributed by atoms with E-state index >= 15 is 0 Å². The molecular formula is C17H15BrN2O4. The monoisotopic (exact) mass is 390 g/mol. The Morgan fingerprint density at radius 3 is 2.33 bits per heavy atom. The zero-order valence-corrected chi connectivity index (χ0v) is 14.3. The molecule has 0 bridgehead atoms. The number of carbonyl (C=O) groups excluding carboxylic acids is 2. The first-order chi connectivity index (χ1) is 11.5. The van der Waals surface area contributed by atoms with E-state index in [2.05, 4.69) is 21.2 Å². The quantitative estimate of drug-likeness (QED) is 0.838. The summed E-state index contributed by atoms with van der Waals surface area (Å²) in [5.41, 5.74) is 6.97. The van der Waals surface area contributed by atoms with Gasteiger partial charge in [0.25, 0.3) is 0 Å². The van der Waals surface area contributed by atoms with Gasteiger partial charge in [0.05, 0.1) is 6.42 Å². The topological polar surface area (TPSA) is 90.7 Å². The van der Waals surface area contributed by atoms with E-state index in [-0.39, 0.29) is 12.3 Å². The molecule has 2 amide bonds. The Labute approximate surface area is 147 Å². The second-order valence-electron chi connectivity index (χ2n) is 5.25.